The van der Waals surface area contributed by atoms with Crippen molar-refractivity contribution in [2.45, 2.75) is 15.7 Å². The summed E-state index contributed by atoms with van der Waals surface area (Å²) in [5.41, 5.74) is 2.15. The standard InChI is InChI=1S/C15H16INO2S/c1-12-7-9-14(10-8-12)20(18,19)17-11-15(16)13-5-3-2-4-6-13/h2-10,15,17H,11H2,1H3/t15-/m1/s1. The normalized spacial score (nSPS) is 13.1. The second-order valence-electron chi connectivity index (χ2n) is 4.54. The van der Waals surface area contributed by atoms with E-state index in [0.29, 0.717) is 11.4 Å². The maximum Gasteiger partial charge on any atom is 0.240 e. The Labute approximate surface area is 133 Å². The van der Waals surface area contributed by atoms with Crippen LogP contribution >= 0.6 is 22.6 Å². The molecule has 0 aliphatic heterocycles. The molecule has 1 atom stereocenters. The fraction of sp³-hybridized carbons (Fsp3) is 0.200. The maximum absolute atomic E-state index is 12.2. The summed E-state index contributed by atoms with van der Waals surface area (Å²) in [7, 11) is -3.43. The molecule has 2 aromatic rings. The summed E-state index contributed by atoms with van der Waals surface area (Å²) < 4.78 is 27.1. The molecule has 0 radical (unpaired) electrons. The van der Waals surface area contributed by atoms with Crippen molar-refractivity contribution in [1.82, 2.24) is 4.72 Å². The van der Waals surface area contributed by atoms with E-state index in [1.54, 1.807) is 24.3 Å². The Hall–Kier alpha value is -0.920. The SMILES string of the molecule is Cc1ccc(S(=O)(=O)NC[C@@H](I)c2ccccc2)cc1. The molecule has 3 nitrogen and oxygen atoms in total. The Balaban J connectivity index is 2.04. The molecule has 0 fully saturated rings. The smallest absolute Gasteiger partial charge is 0.210 e. The first-order chi connectivity index (χ1) is 9.49. The molecule has 5 heteroatoms. The Morgan fingerprint density at radius 2 is 1.65 bits per heavy atom. The molecule has 2 rings (SSSR count). The third kappa shape index (κ3) is 4.04. The largest absolute Gasteiger partial charge is 0.240 e. The highest BCUT2D eigenvalue weighted by molar-refractivity contribution is 14.1. The molecule has 106 valence electrons. The van der Waals surface area contributed by atoms with Crippen molar-refractivity contribution in [3.63, 3.8) is 0 Å². The van der Waals surface area contributed by atoms with Crippen LogP contribution in [0.4, 0.5) is 0 Å². The quantitative estimate of drug-likeness (QED) is 0.616. The lowest BCUT2D eigenvalue weighted by Crippen LogP contribution is -2.26. The van der Waals surface area contributed by atoms with Crippen LogP contribution in [0.15, 0.2) is 59.5 Å². The van der Waals surface area contributed by atoms with E-state index >= 15 is 0 Å². The van der Waals surface area contributed by atoms with Crippen LogP contribution < -0.4 is 4.72 Å². The fourth-order valence-electron chi connectivity index (χ4n) is 1.76. The molecule has 0 aliphatic carbocycles. The molecule has 0 aliphatic rings. The van der Waals surface area contributed by atoms with Crippen LogP contribution in [0.2, 0.25) is 0 Å². The summed E-state index contributed by atoms with van der Waals surface area (Å²) in [6, 6.07) is 16.7. The first-order valence-electron chi connectivity index (χ1n) is 6.24. The number of rotatable bonds is 5. The van der Waals surface area contributed by atoms with Crippen molar-refractivity contribution < 1.29 is 8.42 Å². The van der Waals surface area contributed by atoms with Gasteiger partial charge in [-0.15, -0.1) is 0 Å². The van der Waals surface area contributed by atoms with Crippen molar-refractivity contribution >= 4 is 32.6 Å². The zero-order chi connectivity index (χ0) is 14.6. The van der Waals surface area contributed by atoms with E-state index in [0.717, 1.165) is 11.1 Å². The van der Waals surface area contributed by atoms with Gasteiger partial charge in [-0.2, -0.15) is 0 Å². The maximum atomic E-state index is 12.2. The molecule has 0 heterocycles. The van der Waals surface area contributed by atoms with Crippen LogP contribution in [0.1, 0.15) is 15.1 Å². The Morgan fingerprint density at radius 1 is 1.05 bits per heavy atom. The van der Waals surface area contributed by atoms with Gasteiger partial charge in [-0.05, 0) is 24.6 Å². The summed E-state index contributed by atoms with van der Waals surface area (Å²) in [6.45, 7) is 2.31. The van der Waals surface area contributed by atoms with Gasteiger partial charge in [-0.25, -0.2) is 13.1 Å². The predicted octanol–water partition coefficient (Wildman–Crippen LogP) is 3.45. The lowest BCUT2D eigenvalue weighted by Gasteiger charge is -2.12. The molecule has 20 heavy (non-hydrogen) atoms. The zero-order valence-electron chi connectivity index (χ0n) is 11.1. The number of alkyl halides is 1. The van der Waals surface area contributed by atoms with E-state index < -0.39 is 10.0 Å². The van der Waals surface area contributed by atoms with E-state index in [1.165, 1.54) is 0 Å². The summed E-state index contributed by atoms with van der Waals surface area (Å²) in [5.74, 6) is 0. The minimum absolute atomic E-state index is 0.106. The van der Waals surface area contributed by atoms with Crippen molar-refractivity contribution in [2.75, 3.05) is 6.54 Å². The van der Waals surface area contributed by atoms with Crippen LogP contribution in [0.5, 0.6) is 0 Å². The molecule has 0 amide bonds. The number of sulfonamides is 1. The minimum atomic E-state index is -3.43. The van der Waals surface area contributed by atoms with Crippen LogP contribution in [0.3, 0.4) is 0 Å². The highest BCUT2D eigenvalue weighted by Crippen LogP contribution is 2.22. The first-order valence-corrected chi connectivity index (χ1v) is 8.97. The molecule has 0 saturated heterocycles. The summed E-state index contributed by atoms with van der Waals surface area (Å²) in [6.07, 6.45) is 0. The Morgan fingerprint density at radius 3 is 2.25 bits per heavy atom. The van der Waals surface area contributed by atoms with E-state index in [-0.39, 0.29) is 3.92 Å². The molecule has 0 spiro atoms. The third-order valence-corrected chi connectivity index (χ3v) is 5.54. The van der Waals surface area contributed by atoms with Gasteiger partial charge in [-0.1, -0.05) is 70.6 Å². The summed E-state index contributed by atoms with van der Waals surface area (Å²) in [4.78, 5) is 0.305. The zero-order valence-corrected chi connectivity index (χ0v) is 14.1. The lowest BCUT2D eigenvalue weighted by atomic mass is 10.2. The lowest BCUT2D eigenvalue weighted by molar-refractivity contribution is 0.582. The highest BCUT2D eigenvalue weighted by Gasteiger charge is 2.16. The van der Waals surface area contributed by atoms with E-state index in [2.05, 4.69) is 27.3 Å². The average molecular weight is 401 g/mol. The van der Waals surface area contributed by atoms with Gasteiger partial charge in [0.05, 0.1) is 4.90 Å². The van der Waals surface area contributed by atoms with Gasteiger partial charge in [0.1, 0.15) is 0 Å². The number of aryl methyl sites for hydroxylation is 1. The molecule has 0 unspecified atom stereocenters. The monoisotopic (exact) mass is 401 g/mol. The number of hydrogen-bond donors (Lipinski definition) is 1. The molecular weight excluding hydrogens is 385 g/mol. The molecule has 0 saturated carbocycles. The van der Waals surface area contributed by atoms with E-state index in [4.69, 9.17) is 0 Å². The topological polar surface area (TPSA) is 46.2 Å². The van der Waals surface area contributed by atoms with Crippen LogP contribution in [-0.4, -0.2) is 15.0 Å². The second kappa shape index (κ2) is 6.69. The van der Waals surface area contributed by atoms with Gasteiger partial charge in [-0.3, -0.25) is 0 Å². The van der Waals surface area contributed by atoms with Crippen molar-refractivity contribution in [3.05, 3.63) is 65.7 Å². The summed E-state index contributed by atoms with van der Waals surface area (Å²) in [5, 5.41) is 0. The van der Waals surface area contributed by atoms with Crippen LogP contribution in [0, 0.1) is 6.92 Å². The van der Waals surface area contributed by atoms with E-state index in [1.807, 2.05) is 37.3 Å². The number of hydrogen-bond acceptors (Lipinski definition) is 2. The second-order valence-corrected chi connectivity index (χ2v) is 7.81. The molecule has 1 N–H and O–H groups in total. The predicted molar refractivity (Wildman–Crippen MR) is 89.6 cm³/mol. The molecule has 0 aromatic heterocycles. The third-order valence-electron chi connectivity index (χ3n) is 2.95. The number of benzene rings is 2. The fourth-order valence-corrected chi connectivity index (χ4v) is 3.74. The highest BCUT2D eigenvalue weighted by atomic mass is 127. The Bertz CT molecular complexity index is 654. The summed E-state index contributed by atoms with van der Waals surface area (Å²) >= 11 is 2.25. The van der Waals surface area contributed by atoms with Gasteiger partial charge in [0, 0.05) is 10.5 Å². The molecule has 2 aromatic carbocycles. The van der Waals surface area contributed by atoms with Gasteiger partial charge in [0.25, 0.3) is 0 Å². The van der Waals surface area contributed by atoms with E-state index in [9.17, 15) is 8.42 Å². The number of nitrogens with one attached hydrogen (secondary N) is 1. The molecule has 0 bridgehead atoms. The van der Waals surface area contributed by atoms with Crippen molar-refractivity contribution in [2.24, 2.45) is 0 Å². The van der Waals surface area contributed by atoms with Crippen LogP contribution in [-0.2, 0) is 10.0 Å². The van der Waals surface area contributed by atoms with Crippen LogP contribution in [0.25, 0.3) is 0 Å². The number of halogens is 1. The first kappa shape index (κ1) is 15.5. The van der Waals surface area contributed by atoms with Gasteiger partial charge in [0.15, 0.2) is 0 Å². The van der Waals surface area contributed by atoms with Gasteiger partial charge >= 0.3 is 0 Å². The van der Waals surface area contributed by atoms with Crippen molar-refractivity contribution in [1.29, 1.82) is 0 Å². The molecular formula is C15H16INO2S. The average Bonchev–Trinajstić information content (AvgIpc) is 2.46. The van der Waals surface area contributed by atoms with Gasteiger partial charge in [0.2, 0.25) is 10.0 Å². The minimum Gasteiger partial charge on any atom is -0.210 e. The van der Waals surface area contributed by atoms with Crippen molar-refractivity contribution in [3.8, 4) is 0 Å². The van der Waals surface area contributed by atoms with Gasteiger partial charge < -0.3 is 0 Å². The Kier molecular flexibility index (Phi) is 5.17.